The highest BCUT2D eigenvalue weighted by atomic mass is 16.2. The number of fused-ring (bicyclic) bond motifs is 1. The Labute approximate surface area is 119 Å². The van der Waals surface area contributed by atoms with Gasteiger partial charge in [-0.25, -0.2) is 0 Å². The highest BCUT2D eigenvalue weighted by Crippen LogP contribution is 2.16. The zero-order valence-electron chi connectivity index (χ0n) is 11.7. The quantitative estimate of drug-likeness (QED) is 0.726. The van der Waals surface area contributed by atoms with Crippen molar-refractivity contribution in [3.05, 3.63) is 35.4 Å². The normalized spacial score (nSPS) is 17.1. The average Bonchev–Trinajstić information content (AvgIpc) is 2.47. The number of rotatable bonds is 5. The minimum Gasteiger partial charge on any atom is -0.356 e. The molecule has 1 heterocycles. The van der Waals surface area contributed by atoms with Gasteiger partial charge < -0.3 is 16.0 Å². The van der Waals surface area contributed by atoms with Crippen molar-refractivity contribution in [3.63, 3.8) is 0 Å². The summed E-state index contributed by atoms with van der Waals surface area (Å²) in [6, 6.07) is 7.93. The van der Waals surface area contributed by atoms with Crippen molar-refractivity contribution in [2.45, 2.75) is 32.4 Å². The van der Waals surface area contributed by atoms with Crippen molar-refractivity contribution < 1.29 is 9.59 Å². The second-order valence-corrected chi connectivity index (χ2v) is 4.90. The molecular weight excluding hydrogens is 254 g/mol. The molecule has 2 amide bonds. The second kappa shape index (κ2) is 7.05. The van der Waals surface area contributed by atoms with Gasteiger partial charge in [-0.1, -0.05) is 24.3 Å². The largest absolute Gasteiger partial charge is 0.356 e. The lowest BCUT2D eigenvalue weighted by Crippen LogP contribution is -2.48. The van der Waals surface area contributed by atoms with E-state index >= 15 is 0 Å². The van der Waals surface area contributed by atoms with E-state index in [-0.39, 0.29) is 17.9 Å². The van der Waals surface area contributed by atoms with Gasteiger partial charge in [0.1, 0.15) is 0 Å². The first-order valence-corrected chi connectivity index (χ1v) is 7.05. The molecule has 0 radical (unpaired) electrons. The van der Waals surface area contributed by atoms with Crippen molar-refractivity contribution in [3.8, 4) is 0 Å². The number of amides is 2. The van der Waals surface area contributed by atoms with Gasteiger partial charge >= 0.3 is 0 Å². The number of carbonyl (C=O) groups is 2. The van der Waals surface area contributed by atoms with Crippen LogP contribution in [0.3, 0.4) is 0 Å². The van der Waals surface area contributed by atoms with Gasteiger partial charge in [0.2, 0.25) is 11.8 Å². The second-order valence-electron chi connectivity index (χ2n) is 4.90. The van der Waals surface area contributed by atoms with Gasteiger partial charge in [-0.2, -0.15) is 0 Å². The topological polar surface area (TPSA) is 70.2 Å². The molecule has 108 valence electrons. The number of hydrogen-bond donors (Lipinski definition) is 3. The first-order chi connectivity index (χ1) is 9.70. The Morgan fingerprint density at radius 1 is 1.25 bits per heavy atom. The molecule has 1 aromatic carbocycles. The zero-order chi connectivity index (χ0) is 14.4. The fourth-order valence-corrected chi connectivity index (χ4v) is 2.35. The summed E-state index contributed by atoms with van der Waals surface area (Å²) in [5.41, 5.74) is 2.47. The third-order valence-electron chi connectivity index (χ3n) is 3.42. The zero-order valence-corrected chi connectivity index (χ0v) is 11.7. The number of carbonyl (C=O) groups excluding carboxylic acids is 2. The van der Waals surface area contributed by atoms with E-state index in [1.807, 2.05) is 19.1 Å². The minimum atomic E-state index is -0.209. The predicted molar refractivity (Wildman–Crippen MR) is 77.1 cm³/mol. The van der Waals surface area contributed by atoms with Crippen LogP contribution in [0.4, 0.5) is 0 Å². The molecule has 3 N–H and O–H groups in total. The van der Waals surface area contributed by atoms with Gasteiger partial charge in [-0.05, 0) is 24.5 Å². The molecule has 5 heteroatoms. The van der Waals surface area contributed by atoms with Gasteiger partial charge in [-0.3, -0.25) is 9.59 Å². The van der Waals surface area contributed by atoms with E-state index in [9.17, 15) is 9.59 Å². The fourth-order valence-electron chi connectivity index (χ4n) is 2.35. The van der Waals surface area contributed by atoms with Crippen LogP contribution >= 0.6 is 0 Å². The molecule has 0 saturated carbocycles. The Bertz CT molecular complexity index is 488. The number of nitrogens with one attached hydrogen (secondary N) is 3. The summed E-state index contributed by atoms with van der Waals surface area (Å²) in [5, 5.41) is 8.74. The molecule has 0 fully saturated rings. The highest BCUT2D eigenvalue weighted by molar-refractivity contribution is 5.83. The van der Waals surface area contributed by atoms with Crippen LogP contribution < -0.4 is 16.0 Å². The Balaban J connectivity index is 1.78. The van der Waals surface area contributed by atoms with E-state index in [4.69, 9.17) is 0 Å². The lowest BCUT2D eigenvalue weighted by molar-refractivity contribution is -0.123. The molecule has 0 saturated heterocycles. The summed E-state index contributed by atoms with van der Waals surface area (Å²) in [6.45, 7) is 3.59. The van der Waals surface area contributed by atoms with Crippen molar-refractivity contribution in [1.82, 2.24) is 16.0 Å². The van der Waals surface area contributed by atoms with Gasteiger partial charge in [0.25, 0.3) is 0 Å². The lowest BCUT2D eigenvalue weighted by atomic mass is 9.95. The Kier molecular flexibility index (Phi) is 5.12. The Hall–Kier alpha value is -1.88. The monoisotopic (exact) mass is 275 g/mol. The molecule has 1 aromatic rings. The third-order valence-corrected chi connectivity index (χ3v) is 3.42. The predicted octanol–water partition coefficient (Wildman–Crippen LogP) is 0.343. The number of benzene rings is 1. The van der Waals surface area contributed by atoms with E-state index in [0.717, 1.165) is 0 Å². The summed E-state index contributed by atoms with van der Waals surface area (Å²) in [5.74, 6) is -0.0708. The molecule has 0 aromatic heterocycles. The van der Waals surface area contributed by atoms with Crippen LogP contribution in [0, 0.1) is 0 Å². The van der Waals surface area contributed by atoms with Crippen LogP contribution in [-0.4, -0.2) is 30.9 Å². The van der Waals surface area contributed by atoms with E-state index in [1.165, 1.54) is 11.1 Å². The van der Waals surface area contributed by atoms with Crippen molar-refractivity contribution in [2.75, 3.05) is 13.1 Å². The molecule has 5 nitrogen and oxygen atoms in total. The Morgan fingerprint density at radius 3 is 2.75 bits per heavy atom. The lowest BCUT2D eigenvalue weighted by Gasteiger charge is -2.25. The van der Waals surface area contributed by atoms with E-state index in [0.29, 0.717) is 32.5 Å². The summed E-state index contributed by atoms with van der Waals surface area (Å²) >= 11 is 0. The summed E-state index contributed by atoms with van der Waals surface area (Å²) in [4.78, 5) is 23.3. The summed E-state index contributed by atoms with van der Waals surface area (Å²) < 4.78 is 0. The molecule has 20 heavy (non-hydrogen) atoms. The van der Waals surface area contributed by atoms with Gasteiger partial charge in [0, 0.05) is 26.1 Å². The molecule has 1 aliphatic rings. The maximum absolute atomic E-state index is 12.0. The van der Waals surface area contributed by atoms with Crippen LogP contribution in [0.25, 0.3) is 0 Å². The SMILES string of the molecule is CCNC(=O)CCNC(=O)[C@H]1Cc2ccccc2CN1. The van der Waals surface area contributed by atoms with E-state index < -0.39 is 0 Å². The number of hydrogen-bond acceptors (Lipinski definition) is 3. The molecule has 0 unspecified atom stereocenters. The van der Waals surface area contributed by atoms with Crippen LogP contribution in [0.2, 0.25) is 0 Å². The molecule has 1 atom stereocenters. The van der Waals surface area contributed by atoms with Gasteiger partial charge in [0.05, 0.1) is 6.04 Å². The van der Waals surface area contributed by atoms with Crippen LogP contribution in [0.5, 0.6) is 0 Å². The molecule has 1 aliphatic heterocycles. The summed E-state index contributed by atoms with van der Waals surface area (Å²) in [6.07, 6.45) is 1.02. The van der Waals surface area contributed by atoms with Crippen LogP contribution in [0.15, 0.2) is 24.3 Å². The smallest absolute Gasteiger partial charge is 0.237 e. The van der Waals surface area contributed by atoms with Crippen LogP contribution in [-0.2, 0) is 22.6 Å². The average molecular weight is 275 g/mol. The van der Waals surface area contributed by atoms with Crippen molar-refractivity contribution in [1.29, 1.82) is 0 Å². The van der Waals surface area contributed by atoms with E-state index in [1.54, 1.807) is 0 Å². The first-order valence-electron chi connectivity index (χ1n) is 7.05. The Morgan fingerprint density at radius 2 is 2.00 bits per heavy atom. The van der Waals surface area contributed by atoms with E-state index in [2.05, 4.69) is 28.1 Å². The van der Waals surface area contributed by atoms with Crippen molar-refractivity contribution in [2.24, 2.45) is 0 Å². The molecular formula is C15H21N3O2. The molecule has 0 bridgehead atoms. The van der Waals surface area contributed by atoms with Gasteiger partial charge in [-0.15, -0.1) is 0 Å². The maximum atomic E-state index is 12.0. The fraction of sp³-hybridized carbons (Fsp3) is 0.467. The first kappa shape index (κ1) is 14.5. The molecule has 2 rings (SSSR count). The standard InChI is InChI=1S/C15H21N3O2/c1-2-16-14(19)7-8-17-15(20)13-9-11-5-3-4-6-12(11)10-18-13/h3-6,13,18H,2,7-10H2,1H3,(H,16,19)(H,17,20)/t13-/m1/s1. The van der Waals surface area contributed by atoms with Gasteiger partial charge in [0.15, 0.2) is 0 Å². The van der Waals surface area contributed by atoms with Crippen molar-refractivity contribution >= 4 is 11.8 Å². The summed E-state index contributed by atoms with van der Waals surface area (Å²) in [7, 11) is 0. The minimum absolute atomic E-state index is 0.0326. The maximum Gasteiger partial charge on any atom is 0.237 e. The third kappa shape index (κ3) is 3.81. The van der Waals surface area contributed by atoms with Crippen LogP contribution in [0.1, 0.15) is 24.5 Å². The molecule has 0 spiro atoms. The molecule has 0 aliphatic carbocycles. The highest BCUT2D eigenvalue weighted by Gasteiger charge is 2.23.